The van der Waals surface area contributed by atoms with Crippen LogP contribution < -0.4 is 5.73 Å². The molecule has 1 aromatic carbocycles. The van der Waals surface area contributed by atoms with Crippen LogP contribution in [0.3, 0.4) is 0 Å². The van der Waals surface area contributed by atoms with E-state index in [0.29, 0.717) is 0 Å². The molecule has 2 rings (SSSR count). The van der Waals surface area contributed by atoms with Gasteiger partial charge in [0.1, 0.15) is 0 Å². The molecule has 20 heavy (non-hydrogen) atoms. The highest BCUT2D eigenvalue weighted by Gasteiger charge is 2.21. The summed E-state index contributed by atoms with van der Waals surface area (Å²) < 4.78 is 1.94. The molecule has 0 aliphatic heterocycles. The molecule has 0 saturated heterocycles. The molecule has 0 aliphatic carbocycles. The molecule has 0 spiro atoms. The summed E-state index contributed by atoms with van der Waals surface area (Å²) in [4.78, 5) is 0. The standard InChI is InChI=1S/C16H23N3S/c1-5-14(17)16(13-8-6-7-11(2)9-13)20-15-10-12(3)18-19(15)4/h6-10,14,16H,5,17H2,1-4H3. The van der Waals surface area contributed by atoms with E-state index < -0.39 is 0 Å². The average Bonchev–Trinajstić information content (AvgIpc) is 2.73. The Labute approximate surface area is 125 Å². The molecule has 1 heterocycles. The first-order chi connectivity index (χ1) is 9.51. The number of thioether (sulfide) groups is 1. The van der Waals surface area contributed by atoms with Crippen LogP contribution >= 0.6 is 11.8 Å². The lowest BCUT2D eigenvalue weighted by Gasteiger charge is -2.23. The maximum atomic E-state index is 6.35. The van der Waals surface area contributed by atoms with E-state index in [9.17, 15) is 0 Å². The minimum atomic E-state index is 0.136. The Morgan fingerprint density at radius 1 is 1.30 bits per heavy atom. The van der Waals surface area contributed by atoms with Crippen molar-refractivity contribution in [3.05, 3.63) is 47.2 Å². The van der Waals surface area contributed by atoms with Crippen molar-refractivity contribution in [2.75, 3.05) is 0 Å². The number of rotatable bonds is 5. The van der Waals surface area contributed by atoms with Crippen molar-refractivity contribution in [2.45, 2.75) is 43.5 Å². The van der Waals surface area contributed by atoms with Gasteiger partial charge in [-0.25, -0.2) is 0 Å². The molecule has 0 radical (unpaired) electrons. The van der Waals surface area contributed by atoms with Gasteiger partial charge >= 0.3 is 0 Å². The van der Waals surface area contributed by atoms with Crippen molar-refractivity contribution in [2.24, 2.45) is 12.8 Å². The maximum Gasteiger partial charge on any atom is 0.0945 e. The van der Waals surface area contributed by atoms with Crippen LogP contribution in [0.2, 0.25) is 0 Å². The van der Waals surface area contributed by atoms with Crippen LogP contribution in [0, 0.1) is 13.8 Å². The molecule has 0 bridgehead atoms. The second-order valence-corrected chi connectivity index (χ2v) is 6.43. The highest BCUT2D eigenvalue weighted by atomic mass is 32.2. The van der Waals surface area contributed by atoms with Crippen molar-refractivity contribution in [1.29, 1.82) is 0 Å². The number of nitrogens with two attached hydrogens (primary N) is 1. The molecule has 3 nitrogen and oxygen atoms in total. The highest BCUT2D eigenvalue weighted by molar-refractivity contribution is 7.99. The Hall–Kier alpha value is -1.26. The van der Waals surface area contributed by atoms with E-state index in [2.05, 4.69) is 49.3 Å². The van der Waals surface area contributed by atoms with Crippen LogP contribution in [-0.2, 0) is 7.05 Å². The minimum Gasteiger partial charge on any atom is -0.326 e. The molecule has 4 heteroatoms. The van der Waals surface area contributed by atoms with E-state index in [-0.39, 0.29) is 11.3 Å². The third-order valence-corrected chi connectivity index (χ3v) is 4.94. The Bertz CT molecular complexity index is 577. The monoisotopic (exact) mass is 289 g/mol. The van der Waals surface area contributed by atoms with Crippen LogP contribution in [0.4, 0.5) is 0 Å². The summed E-state index contributed by atoms with van der Waals surface area (Å²) in [6.07, 6.45) is 0.961. The maximum absolute atomic E-state index is 6.35. The van der Waals surface area contributed by atoms with E-state index in [0.717, 1.165) is 17.1 Å². The first-order valence-corrected chi connectivity index (χ1v) is 7.88. The highest BCUT2D eigenvalue weighted by Crippen LogP contribution is 2.38. The predicted octanol–water partition coefficient (Wildman–Crippen LogP) is 3.61. The lowest BCUT2D eigenvalue weighted by Crippen LogP contribution is -2.25. The summed E-state index contributed by atoms with van der Waals surface area (Å²) in [6.45, 7) is 6.28. The molecule has 0 amide bonds. The molecule has 0 aliphatic rings. The van der Waals surface area contributed by atoms with E-state index >= 15 is 0 Å². The molecule has 2 atom stereocenters. The summed E-state index contributed by atoms with van der Waals surface area (Å²) in [5.41, 5.74) is 9.97. The van der Waals surface area contributed by atoms with Crippen LogP contribution in [0.25, 0.3) is 0 Å². The third-order valence-electron chi connectivity index (χ3n) is 3.44. The molecular weight excluding hydrogens is 266 g/mol. The average molecular weight is 289 g/mol. The molecule has 0 fully saturated rings. The second kappa shape index (κ2) is 6.46. The van der Waals surface area contributed by atoms with Gasteiger partial charge in [0.05, 0.1) is 16.0 Å². The van der Waals surface area contributed by atoms with Gasteiger partial charge < -0.3 is 5.73 Å². The quantitative estimate of drug-likeness (QED) is 0.855. The smallest absolute Gasteiger partial charge is 0.0945 e. The Kier molecular flexibility index (Phi) is 4.89. The second-order valence-electron chi connectivity index (χ2n) is 5.27. The lowest BCUT2D eigenvalue weighted by molar-refractivity contribution is 0.628. The zero-order chi connectivity index (χ0) is 14.7. The van der Waals surface area contributed by atoms with E-state index in [1.807, 2.05) is 18.7 Å². The summed E-state index contributed by atoms with van der Waals surface area (Å²) in [7, 11) is 1.99. The fourth-order valence-electron chi connectivity index (χ4n) is 2.29. The topological polar surface area (TPSA) is 43.8 Å². The van der Waals surface area contributed by atoms with Gasteiger partial charge in [-0.1, -0.05) is 48.5 Å². The van der Waals surface area contributed by atoms with Gasteiger partial charge in [0, 0.05) is 13.1 Å². The van der Waals surface area contributed by atoms with Gasteiger partial charge in [-0.05, 0) is 31.9 Å². The summed E-state index contributed by atoms with van der Waals surface area (Å²) in [5.74, 6) is 0. The van der Waals surface area contributed by atoms with Crippen LogP contribution in [-0.4, -0.2) is 15.8 Å². The fourth-order valence-corrected chi connectivity index (χ4v) is 3.63. The Morgan fingerprint density at radius 3 is 2.60 bits per heavy atom. The van der Waals surface area contributed by atoms with E-state index in [1.165, 1.54) is 11.1 Å². The first kappa shape index (κ1) is 15.1. The molecule has 108 valence electrons. The van der Waals surface area contributed by atoms with Crippen molar-refractivity contribution >= 4 is 11.8 Å². The predicted molar refractivity (Wildman–Crippen MR) is 86.0 cm³/mol. The van der Waals surface area contributed by atoms with Crippen molar-refractivity contribution in [3.8, 4) is 0 Å². The number of benzene rings is 1. The summed E-state index contributed by atoms with van der Waals surface area (Å²) in [5, 5.41) is 5.84. The van der Waals surface area contributed by atoms with Crippen LogP contribution in [0.1, 0.15) is 35.4 Å². The summed E-state index contributed by atoms with van der Waals surface area (Å²) >= 11 is 1.81. The van der Waals surface area contributed by atoms with Gasteiger partial charge in [0.2, 0.25) is 0 Å². The normalized spacial score (nSPS) is 14.2. The van der Waals surface area contributed by atoms with Crippen LogP contribution in [0.15, 0.2) is 35.4 Å². The number of hydrogen-bond acceptors (Lipinski definition) is 3. The molecule has 2 aromatic rings. The third kappa shape index (κ3) is 3.44. The number of aryl methyl sites for hydroxylation is 3. The Balaban J connectivity index is 2.31. The number of nitrogens with zero attached hydrogens (tertiary/aromatic N) is 2. The lowest BCUT2D eigenvalue weighted by atomic mass is 10.0. The summed E-state index contributed by atoms with van der Waals surface area (Å²) in [6, 6.07) is 10.9. The van der Waals surface area contributed by atoms with Crippen molar-refractivity contribution in [3.63, 3.8) is 0 Å². The Morgan fingerprint density at radius 2 is 2.05 bits per heavy atom. The molecule has 2 N–H and O–H groups in total. The van der Waals surface area contributed by atoms with Gasteiger partial charge in [0.15, 0.2) is 0 Å². The van der Waals surface area contributed by atoms with Gasteiger partial charge in [0.25, 0.3) is 0 Å². The minimum absolute atomic E-state index is 0.136. The first-order valence-electron chi connectivity index (χ1n) is 7.00. The molecule has 1 aromatic heterocycles. The molecular formula is C16H23N3S. The van der Waals surface area contributed by atoms with Crippen molar-refractivity contribution in [1.82, 2.24) is 9.78 Å². The SMILES string of the molecule is CCC(N)C(Sc1cc(C)nn1C)c1cccc(C)c1. The van der Waals surface area contributed by atoms with E-state index in [1.54, 1.807) is 11.8 Å². The van der Waals surface area contributed by atoms with Gasteiger partial charge in [-0.15, -0.1) is 0 Å². The van der Waals surface area contributed by atoms with Crippen LogP contribution in [0.5, 0.6) is 0 Å². The zero-order valence-electron chi connectivity index (χ0n) is 12.6. The fraction of sp³-hybridized carbons (Fsp3) is 0.438. The number of hydrogen-bond donors (Lipinski definition) is 1. The molecule has 0 saturated carbocycles. The van der Waals surface area contributed by atoms with Gasteiger partial charge in [-0.3, -0.25) is 4.68 Å². The van der Waals surface area contributed by atoms with Crippen molar-refractivity contribution < 1.29 is 0 Å². The van der Waals surface area contributed by atoms with Gasteiger partial charge in [-0.2, -0.15) is 5.10 Å². The zero-order valence-corrected chi connectivity index (χ0v) is 13.4. The van der Waals surface area contributed by atoms with E-state index in [4.69, 9.17) is 5.73 Å². The largest absolute Gasteiger partial charge is 0.326 e. The number of aromatic nitrogens is 2. The molecule has 2 unspecified atom stereocenters.